The van der Waals surface area contributed by atoms with Crippen molar-refractivity contribution < 1.29 is 9.66 Å². The number of guanidine groups is 1. The molecule has 1 unspecified atom stereocenters. The normalized spacial score (nSPS) is 16.4. The standard InChI is InChI=1S/C21H27N5O3.HI/c1-22-21(23-14-16-7-5-9-18(13-16)26(27)28)24-17-8-6-12-25(15-17)19-10-3-4-11-20(19)29-2;/h3-5,7,9-11,13,17H,6,8,12,14-15H2,1-2H3,(H2,22,23,24);1H. The Kier molecular flexibility index (Phi) is 9.15. The number of methoxy groups -OCH3 is 1. The van der Waals surface area contributed by atoms with Gasteiger partial charge in [-0.05, 0) is 30.5 Å². The molecule has 1 aliphatic rings. The second kappa shape index (κ2) is 11.6. The Labute approximate surface area is 193 Å². The third-order valence-corrected chi connectivity index (χ3v) is 4.99. The van der Waals surface area contributed by atoms with Gasteiger partial charge < -0.3 is 20.3 Å². The fraction of sp³-hybridized carbons (Fsp3) is 0.381. The van der Waals surface area contributed by atoms with E-state index < -0.39 is 0 Å². The Morgan fingerprint density at radius 1 is 1.30 bits per heavy atom. The summed E-state index contributed by atoms with van der Waals surface area (Å²) < 4.78 is 5.50. The van der Waals surface area contributed by atoms with E-state index in [9.17, 15) is 10.1 Å². The van der Waals surface area contributed by atoms with Gasteiger partial charge in [0.25, 0.3) is 5.69 Å². The van der Waals surface area contributed by atoms with Crippen molar-refractivity contribution in [3.8, 4) is 5.75 Å². The monoisotopic (exact) mass is 525 g/mol. The van der Waals surface area contributed by atoms with Gasteiger partial charge in [-0.1, -0.05) is 24.3 Å². The zero-order valence-electron chi connectivity index (χ0n) is 17.2. The number of benzene rings is 2. The van der Waals surface area contributed by atoms with Crippen LogP contribution in [0.1, 0.15) is 18.4 Å². The lowest BCUT2D eigenvalue weighted by molar-refractivity contribution is -0.384. The summed E-state index contributed by atoms with van der Waals surface area (Å²) in [6, 6.07) is 14.9. The van der Waals surface area contributed by atoms with Crippen LogP contribution in [0.15, 0.2) is 53.5 Å². The number of ether oxygens (including phenoxy) is 1. The smallest absolute Gasteiger partial charge is 0.269 e. The molecule has 1 heterocycles. The van der Waals surface area contributed by atoms with Crippen LogP contribution in [0.4, 0.5) is 11.4 Å². The number of halogens is 1. The minimum Gasteiger partial charge on any atom is -0.495 e. The summed E-state index contributed by atoms with van der Waals surface area (Å²) in [6.07, 6.45) is 2.11. The van der Waals surface area contributed by atoms with Crippen molar-refractivity contribution in [1.82, 2.24) is 10.6 Å². The number of nitrogens with zero attached hydrogens (tertiary/aromatic N) is 3. The van der Waals surface area contributed by atoms with Gasteiger partial charge in [0.15, 0.2) is 5.96 Å². The number of nitro groups is 1. The predicted molar refractivity (Wildman–Crippen MR) is 130 cm³/mol. The molecule has 1 aliphatic heterocycles. The first kappa shape index (κ1) is 23.7. The van der Waals surface area contributed by atoms with Crippen molar-refractivity contribution >= 4 is 41.3 Å². The van der Waals surface area contributed by atoms with Crippen LogP contribution in [0.2, 0.25) is 0 Å². The fourth-order valence-electron chi connectivity index (χ4n) is 3.56. The molecule has 0 amide bonds. The van der Waals surface area contributed by atoms with Crippen molar-refractivity contribution in [2.45, 2.75) is 25.4 Å². The molecule has 3 rings (SSSR count). The van der Waals surface area contributed by atoms with Crippen LogP contribution in [-0.4, -0.2) is 44.2 Å². The second-order valence-corrected chi connectivity index (χ2v) is 6.95. The Bertz CT molecular complexity index is 877. The largest absolute Gasteiger partial charge is 0.495 e. The summed E-state index contributed by atoms with van der Waals surface area (Å²) in [5, 5.41) is 17.7. The number of nitrogens with one attached hydrogen (secondary N) is 2. The van der Waals surface area contributed by atoms with Crippen molar-refractivity contribution in [2.75, 3.05) is 32.1 Å². The van der Waals surface area contributed by atoms with Crippen molar-refractivity contribution in [1.29, 1.82) is 0 Å². The number of piperidine rings is 1. The summed E-state index contributed by atoms with van der Waals surface area (Å²) in [5.74, 6) is 1.56. The summed E-state index contributed by atoms with van der Waals surface area (Å²) in [4.78, 5) is 17.2. The molecule has 30 heavy (non-hydrogen) atoms. The highest BCUT2D eigenvalue weighted by molar-refractivity contribution is 14.0. The van der Waals surface area contributed by atoms with Gasteiger partial charge >= 0.3 is 0 Å². The van der Waals surface area contributed by atoms with Gasteiger partial charge in [0, 0.05) is 44.9 Å². The van der Waals surface area contributed by atoms with Crippen LogP contribution >= 0.6 is 24.0 Å². The first-order chi connectivity index (χ1) is 14.1. The van der Waals surface area contributed by atoms with Gasteiger partial charge in [0.2, 0.25) is 0 Å². The molecule has 0 aliphatic carbocycles. The van der Waals surface area contributed by atoms with E-state index in [-0.39, 0.29) is 40.6 Å². The number of rotatable bonds is 6. The van der Waals surface area contributed by atoms with E-state index in [1.54, 1.807) is 26.3 Å². The fourth-order valence-corrected chi connectivity index (χ4v) is 3.56. The molecule has 8 nitrogen and oxygen atoms in total. The Morgan fingerprint density at radius 2 is 2.10 bits per heavy atom. The maximum absolute atomic E-state index is 10.9. The predicted octanol–water partition coefficient (Wildman–Crippen LogP) is 3.56. The maximum Gasteiger partial charge on any atom is 0.269 e. The minimum atomic E-state index is -0.384. The van der Waals surface area contributed by atoms with Gasteiger partial charge in [-0.3, -0.25) is 15.1 Å². The topological polar surface area (TPSA) is 92.0 Å². The van der Waals surface area contributed by atoms with Crippen LogP contribution in [0.3, 0.4) is 0 Å². The average Bonchev–Trinajstić information content (AvgIpc) is 2.77. The first-order valence-corrected chi connectivity index (χ1v) is 9.69. The van der Waals surface area contributed by atoms with E-state index in [0.29, 0.717) is 12.5 Å². The van der Waals surface area contributed by atoms with Crippen LogP contribution in [0, 0.1) is 10.1 Å². The van der Waals surface area contributed by atoms with E-state index in [4.69, 9.17) is 4.74 Å². The number of non-ortho nitro benzene ring substituents is 1. The number of hydrogen-bond donors (Lipinski definition) is 2. The number of para-hydroxylation sites is 2. The molecule has 1 saturated heterocycles. The van der Waals surface area contributed by atoms with Crippen molar-refractivity contribution in [2.24, 2.45) is 4.99 Å². The third kappa shape index (κ3) is 6.22. The summed E-state index contributed by atoms with van der Waals surface area (Å²) in [5.41, 5.74) is 2.02. The Balaban J connectivity index is 0.00000320. The molecular weight excluding hydrogens is 497 g/mol. The lowest BCUT2D eigenvalue weighted by atomic mass is 10.0. The van der Waals surface area contributed by atoms with E-state index in [1.807, 2.05) is 24.3 Å². The van der Waals surface area contributed by atoms with Gasteiger partial charge in [-0.15, -0.1) is 24.0 Å². The van der Waals surface area contributed by atoms with Crippen LogP contribution in [0.5, 0.6) is 5.75 Å². The third-order valence-electron chi connectivity index (χ3n) is 4.99. The number of anilines is 1. The average molecular weight is 525 g/mol. The Morgan fingerprint density at radius 3 is 2.83 bits per heavy atom. The zero-order chi connectivity index (χ0) is 20.6. The summed E-state index contributed by atoms with van der Waals surface area (Å²) >= 11 is 0. The van der Waals surface area contributed by atoms with Crippen molar-refractivity contribution in [3.05, 3.63) is 64.2 Å². The molecule has 162 valence electrons. The molecule has 0 spiro atoms. The molecule has 2 aromatic rings. The zero-order valence-corrected chi connectivity index (χ0v) is 19.5. The summed E-state index contributed by atoms with van der Waals surface area (Å²) in [6.45, 7) is 2.29. The Hall–Kier alpha value is -2.56. The molecule has 0 aromatic heterocycles. The highest BCUT2D eigenvalue weighted by Gasteiger charge is 2.22. The minimum absolute atomic E-state index is 0. The van der Waals surface area contributed by atoms with E-state index in [0.717, 1.165) is 42.9 Å². The lowest BCUT2D eigenvalue weighted by Crippen LogP contribution is -2.51. The van der Waals surface area contributed by atoms with Crippen LogP contribution in [0.25, 0.3) is 0 Å². The lowest BCUT2D eigenvalue weighted by Gasteiger charge is -2.36. The molecule has 0 bridgehead atoms. The number of aliphatic imine (C=N–C) groups is 1. The molecule has 0 radical (unpaired) electrons. The highest BCUT2D eigenvalue weighted by atomic mass is 127. The van der Waals surface area contributed by atoms with E-state index >= 15 is 0 Å². The number of hydrogen-bond acceptors (Lipinski definition) is 5. The maximum atomic E-state index is 10.9. The molecule has 9 heteroatoms. The molecular formula is C21H28IN5O3. The van der Waals surface area contributed by atoms with Gasteiger partial charge in [-0.25, -0.2) is 0 Å². The van der Waals surface area contributed by atoms with Gasteiger partial charge in [0.1, 0.15) is 5.75 Å². The number of nitro benzene ring substituents is 1. The van der Waals surface area contributed by atoms with E-state index in [1.165, 1.54) is 6.07 Å². The van der Waals surface area contributed by atoms with Crippen LogP contribution in [-0.2, 0) is 6.54 Å². The molecule has 2 N–H and O–H groups in total. The van der Waals surface area contributed by atoms with Gasteiger partial charge in [-0.2, -0.15) is 0 Å². The van der Waals surface area contributed by atoms with Crippen molar-refractivity contribution in [3.63, 3.8) is 0 Å². The quantitative estimate of drug-likeness (QED) is 0.197. The molecule has 1 fully saturated rings. The first-order valence-electron chi connectivity index (χ1n) is 9.69. The summed E-state index contributed by atoms with van der Waals surface area (Å²) in [7, 11) is 3.42. The highest BCUT2D eigenvalue weighted by Crippen LogP contribution is 2.29. The van der Waals surface area contributed by atoms with E-state index in [2.05, 4.69) is 26.6 Å². The SMILES string of the molecule is CN=C(NCc1cccc([N+](=O)[O-])c1)NC1CCCN(c2ccccc2OC)C1.I. The molecule has 2 aromatic carbocycles. The second-order valence-electron chi connectivity index (χ2n) is 6.95. The molecule has 1 atom stereocenters. The van der Waals surface area contributed by atoms with Gasteiger partial charge in [0.05, 0.1) is 17.7 Å². The van der Waals surface area contributed by atoms with Crippen LogP contribution < -0.4 is 20.3 Å². The molecule has 0 saturated carbocycles.